The summed E-state index contributed by atoms with van der Waals surface area (Å²) in [5, 5.41) is 0.842. The molecule has 3 aromatic rings. The Morgan fingerprint density at radius 3 is 2.72 bits per heavy atom. The van der Waals surface area contributed by atoms with E-state index in [0.29, 0.717) is 17.8 Å². The van der Waals surface area contributed by atoms with E-state index in [2.05, 4.69) is 6.08 Å². The third-order valence-electron chi connectivity index (χ3n) is 3.85. The van der Waals surface area contributed by atoms with Crippen LogP contribution >= 0.6 is 0 Å². The van der Waals surface area contributed by atoms with Crippen LogP contribution in [0.3, 0.4) is 0 Å². The predicted octanol–water partition coefficient (Wildman–Crippen LogP) is 5.02. The van der Waals surface area contributed by atoms with Gasteiger partial charge in [0.15, 0.2) is 0 Å². The summed E-state index contributed by atoms with van der Waals surface area (Å²) in [5.41, 5.74) is 2.84. The quantitative estimate of drug-likeness (QED) is 0.484. The van der Waals surface area contributed by atoms with E-state index in [0.717, 1.165) is 22.1 Å². The van der Waals surface area contributed by atoms with Crippen molar-refractivity contribution in [1.29, 1.82) is 0 Å². The van der Waals surface area contributed by atoms with Gasteiger partial charge in [-0.2, -0.15) is 0 Å². The molecule has 0 N–H and O–H groups in total. The zero-order valence-corrected chi connectivity index (χ0v) is 14.2. The molecule has 1 heterocycles. The SMILES string of the molecule is CC(C)=CCc1c(OCc2cccc(F)c2)ccc2ccc(=O)oc12. The number of benzene rings is 2. The normalized spacial score (nSPS) is 10.7. The van der Waals surface area contributed by atoms with E-state index in [9.17, 15) is 9.18 Å². The summed E-state index contributed by atoms with van der Waals surface area (Å²) < 4.78 is 24.6. The molecule has 0 aliphatic heterocycles. The monoisotopic (exact) mass is 338 g/mol. The minimum atomic E-state index is -0.395. The molecule has 0 atom stereocenters. The Labute approximate surface area is 145 Å². The van der Waals surface area contributed by atoms with Gasteiger partial charge < -0.3 is 9.15 Å². The Morgan fingerprint density at radius 1 is 1.16 bits per heavy atom. The van der Waals surface area contributed by atoms with Gasteiger partial charge in [0.1, 0.15) is 23.8 Å². The van der Waals surface area contributed by atoms with E-state index in [1.165, 1.54) is 18.2 Å². The van der Waals surface area contributed by atoms with Gasteiger partial charge in [0.05, 0.1) is 0 Å². The Bertz CT molecular complexity index is 982. The molecule has 2 aromatic carbocycles. The van der Waals surface area contributed by atoms with Gasteiger partial charge in [-0.15, -0.1) is 0 Å². The molecule has 0 aliphatic rings. The molecule has 128 valence electrons. The first-order chi connectivity index (χ1) is 12.0. The molecule has 4 heteroatoms. The Hall–Kier alpha value is -2.88. The van der Waals surface area contributed by atoms with Crippen molar-refractivity contribution >= 4 is 11.0 Å². The smallest absolute Gasteiger partial charge is 0.336 e. The van der Waals surface area contributed by atoms with E-state index in [1.807, 2.05) is 26.0 Å². The lowest BCUT2D eigenvalue weighted by molar-refractivity contribution is 0.302. The van der Waals surface area contributed by atoms with Gasteiger partial charge in [0, 0.05) is 17.0 Å². The van der Waals surface area contributed by atoms with E-state index < -0.39 is 5.63 Å². The fourth-order valence-electron chi connectivity index (χ4n) is 2.59. The molecular formula is C21H19FO3. The molecule has 0 saturated carbocycles. The van der Waals surface area contributed by atoms with Crippen molar-refractivity contribution in [3.05, 3.63) is 87.5 Å². The number of fused-ring (bicyclic) bond motifs is 1. The van der Waals surface area contributed by atoms with Crippen LogP contribution in [0.25, 0.3) is 11.0 Å². The largest absolute Gasteiger partial charge is 0.488 e. The number of hydrogen-bond donors (Lipinski definition) is 0. The minimum absolute atomic E-state index is 0.238. The second-order valence-electron chi connectivity index (χ2n) is 6.12. The average Bonchev–Trinajstić information content (AvgIpc) is 2.58. The third-order valence-corrected chi connectivity index (χ3v) is 3.85. The third kappa shape index (κ3) is 4.15. The first-order valence-corrected chi connectivity index (χ1v) is 8.09. The molecule has 25 heavy (non-hydrogen) atoms. The maximum Gasteiger partial charge on any atom is 0.336 e. The summed E-state index contributed by atoms with van der Waals surface area (Å²) in [4.78, 5) is 11.6. The van der Waals surface area contributed by atoms with Gasteiger partial charge in [-0.3, -0.25) is 0 Å². The summed E-state index contributed by atoms with van der Waals surface area (Å²) in [6.07, 6.45) is 2.64. The summed E-state index contributed by atoms with van der Waals surface area (Å²) in [5.74, 6) is 0.332. The first-order valence-electron chi connectivity index (χ1n) is 8.09. The van der Waals surface area contributed by atoms with Crippen LogP contribution in [0.1, 0.15) is 25.0 Å². The van der Waals surface area contributed by atoms with Crippen LogP contribution in [0.2, 0.25) is 0 Å². The second-order valence-corrected chi connectivity index (χ2v) is 6.12. The average molecular weight is 338 g/mol. The van der Waals surface area contributed by atoms with E-state index in [1.54, 1.807) is 18.2 Å². The zero-order valence-electron chi connectivity index (χ0n) is 14.2. The second kappa shape index (κ2) is 7.34. The Kier molecular flexibility index (Phi) is 4.98. The molecule has 0 bridgehead atoms. The predicted molar refractivity (Wildman–Crippen MR) is 96.4 cm³/mol. The Morgan fingerprint density at radius 2 is 1.96 bits per heavy atom. The zero-order chi connectivity index (χ0) is 17.8. The Balaban J connectivity index is 1.99. The van der Waals surface area contributed by atoms with E-state index >= 15 is 0 Å². The standard InChI is InChI=1S/C21H19FO3/c1-14(2)6-9-18-19(24-13-15-4-3-5-17(22)12-15)10-7-16-8-11-20(23)25-21(16)18/h3-8,10-12H,9,13H2,1-2H3. The van der Waals surface area contributed by atoms with Gasteiger partial charge in [-0.25, -0.2) is 9.18 Å². The molecule has 0 aliphatic carbocycles. The molecule has 3 rings (SSSR count). The highest BCUT2D eigenvalue weighted by Crippen LogP contribution is 2.29. The molecule has 1 aromatic heterocycles. The molecule has 0 spiro atoms. The fourth-order valence-corrected chi connectivity index (χ4v) is 2.59. The number of allylic oxidation sites excluding steroid dienone is 2. The van der Waals surface area contributed by atoms with Crippen molar-refractivity contribution in [2.24, 2.45) is 0 Å². The molecule has 0 radical (unpaired) electrons. The number of halogens is 1. The molecule has 3 nitrogen and oxygen atoms in total. The van der Waals surface area contributed by atoms with Gasteiger partial charge in [0.25, 0.3) is 0 Å². The number of ether oxygens (including phenoxy) is 1. The highest BCUT2D eigenvalue weighted by molar-refractivity contribution is 5.82. The highest BCUT2D eigenvalue weighted by atomic mass is 19.1. The fraction of sp³-hybridized carbons (Fsp3) is 0.190. The summed E-state index contributed by atoms with van der Waals surface area (Å²) in [6, 6.07) is 13.1. The van der Waals surface area contributed by atoms with Crippen molar-refractivity contribution in [2.75, 3.05) is 0 Å². The van der Waals surface area contributed by atoms with Crippen LogP contribution in [-0.4, -0.2) is 0 Å². The van der Waals surface area contributed by atoms with Crippen molar-refractivity contribution in [1.82, 2.24) is 0 Å². The maximum atomic E-state index is 13.3. The van der Waals surface area contributed by atoms with E-state index in [-0.39, 0.29) is 12.4 Å². The summed E-state index contributed by atoms with van der Waals surface area (Å²) in [6.45, 7) is 4.26. The van der Waals surface area contributed by atoms with Crippen molar-refractivity contribution in [2.45, 2.75) is 26.9 Å². The van der Waals surface area contributed by atoms with Crippen LogP contribution in [0.5, 0.6) is 5.75 Å². The molecule has 0 saturated heterocycles. The maximum absolute atomic E-state index is 13.3. The summed E-state index contributed by atoms with van der Waals surface area (Å²) in [7, 11) is 0. The van der Waals surface area contributed by atoms with Crippen LogP contribution in [0.15, 0.2) is 69.4 Å². The van der Waals surface area contributed by atoms with Crippen LogP contribution in [-0.2, 0) is 13.0 Å². The van der Waals surface area contributed by atoms with Gasteiger partial charge in [-0.1, -0.05) is 23.8 Å². The van der Waals surface area contributed by atoms with Crippen molar-refractivity contribution in [3.63, 3.8) is 0 Å². The lowest BCUT2D eigenvalue weighted by Gasteiger charge is -2.12. The molecule has 0 unspecified atom stereocenters. The van der Waals surface area contributed by atoms with Crippen LogP contribution < -0.4 is 10.4 Å². The van der Waals surface area contributed by atoms with Gasteiger partial charge >= 0.3 is 5.63 Å². The summed E-state index contributed by atoms with van der Waals surface area (Å²) >= 11 is 0. The lowest BCUT2D eigenvalue weighted by atomic mass is 10.1. The molecule has 0 amide bonds. The highest BCUT2D eigenvalue weighted by Gasteiger charge is 2.11. The van der Waals surface area contributed by atoms with Crippen LogP contribution in [0.4, 0.5) is 4.39 Å². The number of rotatable bonds is 5. The molecule has 0 fully saturated rings. The lowest BCUT2D eigenvalue weighted by Crippen LogP contribution is -2.02. The minimum Gasteiger partial charge on any atom is -0.488 e. The number of hydrogen-bond acceptors (Lipinski definition) is 3. The van der Waals surface area contributed by atoms with Crippen LogP contribution in [0, 0.1) is 5.82 Å². The first kappa shape index (κ1) is 17.0. The van der Waals surface area contributed by atoms with Gasteiger partial charge in [-0.05, 0) is 56.2 Å². The van der Waals surface area contributed by atoms with Crippen molar-refractivity contribution < 1.29 is 13.5 Å². The van der Waals surface area contributed by atoms with E-state index in [4.69, 9.17) is 9.15 Å². The van der Waals surface area contributed by atoms with Crippen molar-refractivity contribution in [3.8, 4) is 5.75 Å². The molecular weight excluding hydrogens is 319 g/mol. The topological polar surface area (TPSA) is 39.4 Å². The van der Waals surface area contributed by atoms with Gasteiger partial charge in [0.2, 0.25) is 0 Å².